The van der Waals surface area contributed by atoms with Crippen LogP contribution in [0.25, 0.3) is 0 Å². The van der Waals surface area contributed by atoms with Crippen molar-refractivity contribution in [1.82, 2.24) is 9.21 Å². The summed E-state index contributed by atoms with van der Waals surface area (Å²) in [6.07, 6.45) is -4.50. The van der Waals surface area contributed by atoms with Gasteiger partial charge in [0.05, 0.1) is 23.4 Å². The first kappa shape index (κ1) is 25.5. The molecule has 1 N–H and O–H groups in total. The Labute approximate surface area is 205 Å². The van der Waals surface area contributed by atoms with Gasteiger partial charge in [-0.1, -0.05) is 18.7 Å². The summed E-state index contributed by atoms with van der Waals surface area (Å²) in [6.45, 7) is 5.39. The molecule has 1 aliphatic carbocycles. The van der Waals surface area contributed by atoms with Crippen LogP contribution in [0.15, 0.2) is 59.6 Å². The monoisotopic (exact) mass is 524 g/mol. The van der Waals surface area contributed by atoms with Crippen molar-refractivity contribution in [3.05, 3.63) is 71.4 Å². The Morgan fingerprint density at radius 3 is 2.36 bits per heavy atom. The number of hydrogen-bond donors (Lipinski definition) is 1. The van der Waals surface area contributed by atoms with Crippen molar-refractivity contribution in [2.24, 2.45) is 5.92 Å². The van der Waals surface area contributed by atoms with Gasteiger partial charge in [0.25, 0.3) is 15.9 Å². The van der Waals surface area contributed by atoms with Gasteiger partial charge >= 0.3 is 12.3 Å². The molecule has 4 rings (SSSR count). The Morgan fingerprint density at radius 2 is 1.78 bits per heavy atom. The molecule has 1 amide bonds. The zero-order valence-electron chi connectivity index (χ0n) is 19.2. The number of nitrogens with zero attached hydrogens (tertiary/aromatic N) is 2. The van der Waals surface area contributed by atoms with Crippen LogP contribution in [0.2, 0.25) is 0 Å². The first-order valence-corrected chi connectivity index (χ1v) is 12.4. The van der Waals surface area contributed by atoms with E-state index in [4.69, 9.17) is 0 Å². The van der Waals surface area contributed by atoms with Crippen molar-refractivity contribution < 1.29 is 41.0 Å². The summed E-state index contributed by atoms with van der Waals surface area (Å²) >= 11 is 0. The maximum atomic E-state index is 13.7. The van der Waals surface area contributed by atoms with E-state index in [1.165, 1.54) is 23.1 Å². The van der Waals surface area contributed by atoms with Crippen LogP contribution in [0, 0.1) is 5.92 Å². The summed E-state index contributed by atoms with van der Waals surface area (Å²) in [7, 11) is -4.09. The number of carbonyl (C=O) groups excluding carboxylic acids is 1. The Kier molecular flexibility index (Phi) is 6.50. The lowest BCUT2D eigenvalue weighted by Crippen LogP contribution is -2.53. The van der Waals surface area contributed by atoms with Crippen molar-refractivity contribution in [2.45, 2.75) is 37.1 Å². The van der Waals surface area contributed by atoms with Gasteiger partial charge in [-0.05, 0) is 61.2 Å². The summed E-state index contributed by atoms with van der Waals surface area (Å²) in [5, 5.41) is 9.38. The number of carbonyl (C=O) groups is 2. The minimum atomic E-state index is -4.85. The Morgan fingerprint density at radius 1 is 1.11 bits per heavy atom. The fraction of sp³-hybridized carbons (Fsp3) is 0.333. The smallest absolute Gasteiger partial charge is 0.481 e. The maximum Gasteiger partial charge on any atom is 0.573 e. The van der Waals surface area contributed by atoms with Crippen molar-refractivity contribution in [2.75, 3.05) is 13.1 Å². The van der Waals surface area contributed by atoms with Gasteiger partial charge in [0.2, 0.25) is 0 Å². The van der Waals surface area contributed by atoms with Crippen LogP contribution in [0.4, 0.5) is 13.2 Å². The van der Waals surface area contributed by atoms with Gasteiger partial charge in [-0.15, -0.1) is 13.2 Å². The van der Waals surface area contributed by atoms with E-state index in [-0.39, 0.29) is 42.1 Å². The van der Waals surface area contributed by atoms with E-state index in [1.807, 2.05) is 0 Å². The number of alkyl halides is 3. The summed E-state index contributed by atoms with van der Waals surface area (Å²) < 4.78 is 69.4. The van der Waals surface area contributed by atoms with Crippen molar-refractivity contribution >= 4 is 21.9 Å². The molecular weight excluding hydrogens is 501 g/mol. The molecule has 2 aromatic rings. The van der Waals surface area contributed by atoms with Gasteiger partial charge in [-0.3, -0.25) is 13.9 Å². The van der Waals surface area contributed by atoms with Crippen LogP contribution >= 0.6 is 0 Å². The second-order valence-electron chi connectivity index (χ2n) is 8.81. The van der Waals surface area contributed by atoms with Crippen LogP contribution in [0.5, 0.6) is 5.75 Å². The molecule has 0 spiro atoms. The van der Waals surface area contributed by atoms with Crippen LogP contribution in [0.3, 0.4) is 0 Å². The van der Waals surface area contributed by atoms with E-state index in [2.05, 4.69) is 11.3 Å². The molecule has 12 heteroatoms. The van der Waals surface area contributed by atoms with Crippen LogP contribution in [0.1, 0.15) is 28.4 Å². The normalized spacial score (nSPS) is 20.3. The molecule has 0 saturated carbocycles. The molecule has 0 aromatic heterocycles. The third-order valence-electron chi connectivity index (χ3n) is 6.23. The summed E-state index contributed by atoms with van der Waals surface area (Å²) in [6, 6.07) is 8.51. The fourth-order valence-corrected chi connectivity index (χ4v) is 6.67. The van der Waals surface area contributed by atoms with E-state index < -0.39 is 46.0 Å². The molecule has 192 valence electrons. The summed E-state index contributed by atoms with van der Waals surface area (Å²) in [5.41, 5.74) is 1.41. The van der Waals surface area contributed by atoms with Crippen LogP contribution in [-0.4, -0.2) is 60.1 Å². The highest BCUT2D eigenvalue weighted by Gasteiger charge is 2.40. The minimum absolute atomic E-state index is 0.0185. The highest BCUT2D eigenvalue weighted by molar-refractivity contribution is 7.89. The molecule has 1 unspecified atom stereocenters. The average Bonchev–Trinajstić information content (AvgIpc) is 3.22. The van der Waals surface area contributed by atoms with Crippen molar-refractivity contribution in [3.8, 4) is 5.75 Å². The quantitative estimate of drug-likeness (QED) is 0.643. The number of piperazine rings is 1. The Balaban J connectivity index is 1.53. The molecule has 0 bridgehead atoms. The molecule has 1 saturated heterocycles. The molecule has 2 atom stereocenters. The number of fused-ring (bicyclic) bond motifs is 1. The third kappa shape index (κ3) is 4.90. The number of halogens is 3. The third-order valence-corrected chi connectivity index (χ3v) is 8.30. The van der Waals surface area contributed by atoms with Gasteiger partial charge in [-0.2, -0.15) is 0 Å². The molecule has 0 radical (unpaired) electrons. The number of rotatable bonds is 5. The van der Waals surface area contributed by atoms with Crippen LogP contribution < -0.4 is 4.74 Å². The van der Waals surface area contributed by atoms with E-state index in [1.54, 1.807) is 19.1 Å². The predicted octanol–water partition coefficient (Wildman–Crippen LogP) is 3.43. The molecule has 8 nitrogen and oxygen atoms in total. The van der Waals surface area contributed by atoms with Crippen LogP contribution in [-0.2, 0) is 27.7 Å². The second-order valence-corrected chi connectivity index (χ2v) is 10.6. The van der Waals surface area contributed by atoms with Crippen molar-refractivity contribution in [1.29, 1.82) is 0 Å². The molecule has 1 fully saturated rings. The Bertz CT molecular complexity index is 1320. The lowest BCUT2D eigenvalue weighted by molar-refractivity contribution is -0.274. The highest BCUT2D eigenvalue weighted by Crippen LogP contribution is 2.36. The molecule has 36 heavy (non-hydrogen) atoms. The molecule has 2 aromatic carbocycles. The van der Waals surface area contributed by atoms with Crippen molar-refractivity contribution in [3.63, 3.8) is 0 Å². The maximum absolute atomic E-state index is 13.7. The predicted molar refractivity (Wildman–Crippen MR) is 122 cm³/mol. The van der Waals surface area contributed by atoms with E-state index in [0.717, 1.165) is 16.4 Å². The number of benzene rings is 2. The standard InChI is InChI=1S/C24H23F3N2O6S/c1-14-12-28(22(30)16-6-8-19(9-7-16)35-24(25,26)27)13-15(2)29(14)36(33,34)21-5-3-4-17-10-18(23(31)32)11-20(17)21/h3-9,15,18H,1,10-13H2,2H3,(H,31,32)/t15-,18?/m0/s1. The zero-order valence-corrected chi connectivity index (χ0v) is 20.0. The first-order chi connectivity index (χ1) is 16.8. The number of hydrogen-bond acceptors (Lipinski definition) is 5. The SMILES string of the molecule is C=C1CN(C(=O)c2ccc(OC(F)(F)F)cc2)C[C@H](C)N1S(=O)(=O)c1cccc2c1CC(C(=O)O)C2. The summed E-state index contributed by atoms with van der Waals surface area (Å²) in [4.78, 5) is 25.8. The number of amides is 1. The van der Waals surface area contributed by atoms with E-state index >= 15 is 0 Å². The molecule has 2 aliphatic rings. The summed E-state index contributed by atoms with van der Waals surface area (Å²) in [5.74, 6) is -2.64. The lowest BCUT2D eigenvalue weighted by Gasteiger charge is -2.41. The van der Waals surface area contributed by atoms with Gasteiger partial charge in [-0.25, -0.2) is 8.42 Å². The number of ether oxygens (including phenoxy) is 1. The fourth-order valence-electron chi connectivity index (χ4n) is 4.74. The number of carboxylic acids is 1. The van der Waals surface area contributed by atoms with Gasteiger partial charge in [0.1, 0.15) is 5.75 Å². The number of sulfonamides is 1. The second kappa shape index (κ2) is 9.16. The number of aliphatic carboxylic acids is 1. The minimum Gasteiger partial charge on any atom is -0.481 e. The van der Waals surface area contributed by atoms with Gasteiger partial charge < -0.3 is 14.7 Å². The molecular formula is C24H23F3N2O6S. The first-order valence-electron chi connectivity index (χ1n) is 11.0. The lowest BCUT2D eigenvalue weighted by atomic mass is 10.1. The topological polar surface area (TPSA) is 104 Å². The number of carboxylic acid groups (broad SMARTS) is 1. The molecule has 1 heterocycles. The van der Waals surface area contributed by atoms with E-state index in [9.17, 15) is 36.3 Å². The Hall–Kier alpha value is -3.54. The average molecular weight is 525 g/mol. The highest BCUT2D eigenvalue weighted by atomic mass is 32.2. The van der Waals surface area contributed by atoms with Gasteiger partial charge in [0, 0.05) is 17.8 Å². The van der Waals surface area contributed by atoms with E-state index in [0.29, 0.717) is 11.1 Å². The van der Waals surface area contributed by atoms with Gasteiger partial charge in [0.15, 0.2) is 0 Å². The molecule has 1 aliphatic heterocycles. The zero-order chi connectivity index (χ0) is 26.4. The largest absolute Gasteiger partial charge is 0.573 e.